The van der Waals surface area contributed by atoms with Crippen LogP contribution < -0.4 is 3.97 Å². The predicted molar refractivity (Wildman–Crippen MR) is 103 cm³/mol. The fourth-order valence-electron chi connectivity index (χ4n) is 2.85. The van der Waals surface area contributed by atoms with Crippen LogP contribution in [0.4, 0.5) is 0 Å². The summed E-state index contributed by atoms with van der Waals surface area (Å²) in [6.45, 7) is 1.59. The molecule has 138 valence electrons. The molecule has 4 rings (SSSR count). The SMILES string of the molecule is CCS(=O)(=O)[n+]1cc([C-](O)c2c[s+][c-](-c3cccnc3)n2)c2cccc[c-]21. The zero-order chi connectivity index (χ0) is 19.0. The molecule has 0 atom stereocenters. The van der Waals surface area contributed by atoms with Gasteiger partial charge in [-0.25, -0.2) is 0 Å². The molecule has 27 heavy (non-hydrogen) atoms. The van der Waals surface area contributed by atoms with E-state index < -0.39 is 10.0 Å². The number of aliphatic hydroxyl groups is 1. The third-order valence-electron chi connectivity index (χ3n) is 4.25. The number of aromatic nitrogens is 3. The third-order valence-corrected chi connectivity index (χ3v) is 6.78. The predicted octanol–water partition coefficient (Wildman–Crippen LogP) is 2.86. The Morgan fingerprint density at radius 3 is 2.89 bits per heavy atom. The third kappa shape index (κ3) is 3.12. The molecule has 0 aliphatic carbocycles. The lowest BCUT2D eigenvalue weighted by Crippen LogP contribution is -2.42. The van der Waals surface area contributed by atoms with Crippen molar-refractivity contribution in [2.45, 2.75) is 6.92 Å². The van der Waals surface area contributed by atoms with Crippen molar-refractivity contribution in [1.29, 1.82) is 0 Å². The van der Waals surface area contributed by atoms with Gasteiger partial charge in [0, 0.05) is 11.9 Å². The molecule has 0 aliphatic heterocycles. The highest BCUT2D eigenvalue weighted by atomic mass is 32.2. The van der Waals surface area contributed by atoms with Crippen LogP contribution in [0.25, 0.3) is 21.5 Å². The van der Waals surface area contributed by atoms with Gasteiger partial charge in [-0.3, -0.25) is 4.98 Å². The first-order chi connectivity index (χ1) is 13.0. The van der Waals surface area contributed by atoms with Gasteiger partial charge in [-0.2, -0.15) is 18.5 Å². The van der Waals surface area contributed by atoms with Crippen LogP contribution in [-0.2, 0) is 10.0 Å². The number of thiazole rings is 1. The maximum atomic E-state index is 12.4. The molecule has 0 bridgehead atoms. The van der Waals surface area contributed by atoms with Gasteiger partial charge < -0.3 is 10.1 Å². The molecular weight excluding hydrogens is 382 g/mol. The number of nitrogens with zero attached hydrogens (tertiary/aromatic N) is 3. The molecular formula is C19H16N3O3S2-. The molecule has 3 aromatic heterocycles. The number of fused-ring (bicyclic) bond motifs is 1. The molecule has 3 heterocycles. The van der Waals surface area contributed by atoms with Crippen molar-refractivity contribution in [2.75, 3.05) is 5.75 Å². The van der Waals surface area contributed by atoms with Gasteiger partial charge in [0.15, 0.2) is 11.3 Å². The van der Waals surface area contributed by atoms with Gasteiger partial charge in [0.2, 0.25) is 5.01 Å². The molecule has 0 saturated carbocycles. The van der Waals surface area contributed by atoms with Crippen LogP contribution in [0.3, 0.4) is 0 Å². The van der Waals surface area contributed by atoms with E-state index >= 15 is 0 Å². The molecule has 1 N–H and O–H groups in total. The monoisotopic (exact) mass is 398 g/mol. The number of para-hydroxylation sites is 1. The number of hydrogen-bond acceptors (Lipinski definition) is 5. The summed E-state index contributed by atoms with van der Waals surface area (Å²) in [5.41, 5.74) is 2.22. The minimum atomic E-state index is -3.49. The molecule has 0 amide bonds. The van der Waals surface area contributed by atoms with Crippen molar-refractivity contribution in [3.05, 3.63) is 77.7 Å². The maximum Gasteiger partial charge on any atom is 0.355 e. The van der Waals surface area contributed by atoms with Gasteiger partial charge >= 0.3 is 10.0 Å². The number of hydrogen-bond donors (Lipinski definition) is 1. The topological polar surface area (TPSA) is 84.0 Å². The summed E-state index contributed by atoms with van der Waals surface area (Å²) >= 11 is 1.39. The van der Waals surface area contributed by atoms with Crippen molar-refractivity contribution in [3.8, 4) is 10.6 Å². The Hall–Kier alpha value is -2.68. The van der Waals surface area contributed by atoms with Crippen LogP contribution in [-0.4, -0.2) is 29.2 Å². The highest BCUT2D eigenvalue weighted by molar-refractivity contribution is 7.84. The smallest absolute Gasteiger partial charge is 0.355 e. The van der Waals surface area contributed by atoms with E-state index in [0.29, 0.717) is 22.2 Å². The second-order valence-electron chi connectivity index (χ2n) is 5.88. The lowest BCUT2D eigenvalue weighted by Gasteiger charge is -2.15. The molecule has 6 nitrogen and oxygen atoms in total. The van der Waals surface area contributed by atoms with Crippen LogP contribution in [0.5, 0.6) is 0 Å². The second kappa shape index (κ2) is 6.80. The zero-order valence-corrected chi connectivity index (χ0v) is 16.0. The Balaban J connectivity index is 1.80. The summed E-state index contributed by atoms with van der Waals surface area (Å²) in [5.74, 6) is -0.0340. The van der Waals surface area contributed by atoms with Crippen molar-refractivity contribution < 1.29 is 17.5 Å². The second-order valence-corrected chi connectivity index (χ2v) is 8.88. The first-order valence-electron chi connectivity index (χ1n) is 8.27. The van der Waals surface area contributed by atoms with E-state index in [4.69, 9.17) is 0 Å². The number of benzene rings is 1. The minimum absolute atomic E-state index is 0.0340. The van der Waals surface area contributed by atoms with Gasteiger partial charge in [0.05, 0.1) is 6.20 Å². The molecule has 0 unspecified atom stereocenters. The highest BCUT2D eigenvalue weighted by Crippen LogP contribution is 2.31. The van der Waals surface area contributed by atoms with Gasteiger partial charge in [0.25, 0.3) is 0 Å². The van der Waals surface area contributed by atoms with Crippen LogP contribution >= 0.6 is 11.3 Å². The zero-order valence-electron chi connectivity index (χ0n) is 14.4. The molecule has 4 aromatic rings. The van der Waals surface area contributed by atoms with Gasteiger partial charge in [-0.15, -0.1) is 29.1 Å². The first kappa shape index (κ1) is 17.7. The van der Waals surface area contributed by atoms with Gasteiger partial charge in [0.1, 0.15) is 16.6 Å². The summed E-state index contributed by atoms with van der Waals surface area (Å²) < 4.78 is 26.1. The fourth-order valence-corrected chi connectivity index (χ4v) is 4.65. The van der Waals surface area contributed by atoms with E-state index in [0.717, 1.165) is 10.6 Å². The Labute approximate surface area is 160 Å². The van der Waals surface area contributed by atoms with E-state index in [2.05, 4.69) is 9.97 Å². The van der Waals surface area contributed by atoms with E-state index in [-0.39, 0.29) is 11.9 Å². The fraction of sp³-hybridized carbons (Fsp3) is 0.105. The quantitative estimate of drug-likeness (QED) is 0.317. The Morgan fingerprint density at radius 1 is 1.30 bits per heavy atom. The van der Waals surface area contributed by atoms with Gasteiger partial charge in [-0.1, -0.05) is 12.1 Å². The average molecular weight is 398 g/mol. The molecule has 0 spiro atoms. The average Bonchev–Trinajstić information content (AvgIpc) is 3.34. The molecule has 8 heteroatoms. The highest BCUT2D eigenvalue weighted by Gasteiger charge is 2.23. The van der Waals surface area contributed by atoms with Crippen molar-refractivity contribution in [3.63, 3.8) is 0 Å². The van der Waals surface area contributed by atoms with E-state index in [1.54, 1.807) is 42.9 Å². The summed E-state index contributed by atoms with van der Waals surface area (Å²) in [6.07, 6.45) is 4.80. The van der Waals surface area contributed by atoms with Crippen LogP contribution in [0.1, 0.15) is 18.2 Å². The number of pyridine rings is 1. The summed E-state index contributed by atoms with van der Waals surface area (Å²) in [7, 11) is -3.49. The Kier molecular flexibility index (Phi) is 4.47. The molecule has 1 aromatic carbocycles. The largest absolute Gasteiger partial charge is 0.420 e. The lowest BCUT2D eigenvalue weighted by atomic mass is 10.1. The van der Waals surface area contributed by atoms with Crippen LogP contribution in [0.2, 0.25) is 0 Å². The minimum Gasteiger partial charge on any atom is -0.420 e. The van der Waals surface area contributed by atoms with E-state index in [1.807, 2.05) is 18.2 Å². The maximum absolute atomic E-state index is 12.4. The van der Waals surface area contributed by atoms with Crippen LogP contribution in [0, 0.1) is 6.10 Å². The van der Waals surface area contributed by atoms with Crippen molar-refractivity contribution in [2.24, 2.45) is 0 Å². The summed E-state index contributed by atoms with van der Waals surface area (Å²) in [4.78, 5) is 8.57. The molecule has 0 fully saturated rings. The normalized spacial score (nSPS) is 11.8. The molecule has 0 aliphatic rings. The van der Waals surface area contributed by atoms with Crippen molar-refractivity contribution >= 4 is 32.3 Å². The summed E-state index contributed by atoms with van der Waals surface area (Å²) in [5, 5.41) is 14.0. The first-order valence-corrected chi connectivity index (χ1v) is 10.8. The van der Waals surface area contributed by atoms with Crippen LogP contribution in [0.15, 0.2) is 60.4 Å². The number of aliphatic hydroxyl groups excluding tert-OH is 1. The lowest BCUT2D eigenvalue weighted by molar-refractivity contribution is -0.478. The molecule has 0 radical (unpaired) electrons. The van der Waals surface area contributed by atoms with Crippen molar-refractivity contribution in [1.82, 2.24) is 9.97 Å². The number of rotatable bonds is 5. The standard InChI is InChI=1S/C19H16N3O3S2/c1-2-27(24,25)22-11-15(14-7-3-4-8-17(14)22)18(23)16-12-26-19(21-16)13-6-5-9-20-10-13/h3-12,23H,2H2,1H3/q-1. The Morgan fingerprint density at radius 2 is 2.15 bits per heavy atom. The molecule has 0 saturated heterocycles. The van der Waals surface area contributed by atoms with E-state index in [1.165, 1.54) is 21.5 Å². The van der Waals surface area contributed by atoms with E-state index in [9.17, 15) is 13.5 Å². The summed E-state index contributed by atoms with van der Waals surface area (Å²) in [6, 6.07) is 10.8. The van der Waals surface area contributed by atoms with Gasteiger partial charge in [-0.05, 0) is 24.8 Å². The Bertz CT molecular complexity index is 1200.